The molecule has 0 saturated carbocycles. The maximum atomic E-state index is 13.0. The fraction of sp³-hybridized carbons (Fsp3) is 0.357. The minimum Gasteiger partial charge on any atom is -0.446 e. The number of hydrogen-bond acceptors (Lipinski definition) is 5. The average Bonchev–Trinajstić information content (AvgIpc) is 3.07. The summed E-state index contributed by atoms with van der Waals surface area (Å²) < 4.78 is 5.54. The highest BCUT2D eigenvalue weighted by atomic mass is 16.6. The smallest absolute Gasteiger partial charge is 0.414 e. The molecule has 0 fully saturated rings. The van der Waals surface area contributed by atoms with Gasteiger partial charge in [0.1, 0.15) is 0 Å². The van der Waals surface area contributed by atoms with Gasteiger partial charge in [-0.05, 0) is 69.9 Å². The van der Waals surface area contributed by atoms with Crippen LogP contribution in [0.1, 0.15) is 52.5 Å². The Morgan fingerprint density at radius 1 is 1.06 bits per heavy atom. The predicted octanol–water partition coefficient (Wildman–Crippen LogP) is 5.86. The molecule has 2 amide bonds. The van der Waals surface area contributed by atoms with Gasteiger partial charge in [-0.2, -0.15) is 0 Å². The van der Waals surface area contributed by atoms with Crippen LogP contribution in [0.25, 0.3) is 5.57 Å². The van der Waals surface area contributed by atoms with Crippen LogP contribution in [0.5, 0.6) is 0 Å². The number of anilines is 3. The molecule has 1 aliphatic heterocycles. The number of nitrogens with zero attached hydrogens (tertiary/aromatic N) is 2. The van der Waals surface area contributed by atoms with Crippen LogP contribution in [0.15, 0.2) is 66.4 Å². The normalized spacial score (nSPS) is 17.7. The molecule has 35 heavy (non-hydrogen) atoms. The Bertz CT molecular complexity index is 1140. The highest BCUT2D eigenvalue weighted by Crippen LogP contribution is 2.39. The molecular weight excluding hydrogens is 440 g/mol. The fourth-order valence-corrected chi connectivity index (χ4v) is 4.61. The average molecular weight is 475 g/mol. The van der Waals surface area contributed by atoms with Crippen LogP contribution in [0.4, 0.5) is 21.9 Å². The van der Waals surface area contributed by atoms with E-state index in [2.05, 4.69) is 23.0 Å². The Hall–Kier alpha value is -3.74. The lowest BCUT2D eigenvalue weighted by Gasteiger charge is -2.40. The molecule has 184 valence electrons. The van der Waals surface area contributed by atoms with Crippen LogP contribution in [-0.4, -0.2) is 30.7 Å². The van der Waals surface area contributed by atoms with Gasteiger partial charge in [0, 0.05) is 24.7 Å². The lowest BCUT2D eigenvalue weighted by molar-refractivity contribution is -0.117. The zero-order valence-electron chi connectivity index (χ0n) is 20.9. The van der Waals surface area contributed by atoms with Crippen molar-refractivity contribution in [3.8, 4) is 0 Å². The molecule has 1 atom stereocenters. The molecule has 7 nitrogen and oxygen atoms in total. The van der Waals surface area contributed by atoms with E-state index in [1.807, 2.05) is 69.3 Å². The molecule has 7 heteroatoms. The summed E-state index contributed by atoms with van der Waals surface area (Å²) in [7, 11) is 0. The van der Waals surface area contributed by atoms with Crippen LogP contribution < -0.4 is 20.7 Å². The largest absolute Gasteiger partial charge is 0.446 e. The summed E-state index contributed by atoms with van der Waals surface area (Å²) >= 11 is 0. The quantitative estimate of drug-likeness (QED) is 0.531. The molecular formula is C28H34N4O3. The first-order chi connectivity index (χ1) is 16.8. The van der Waals surface area contributed by atoms with Crippen LogP contribution in [0, 0.1) is 0 Å². The van der Waals surface area contributed by atoms with Gasteiger partial charge in [-0.15, -0.1) is 0 Å². The molecule has 2 N–H and O–H groups in total. The summed E-state index contributed by atoms with van der Waals surface area (Å²) in [5.41, 5.74) is 12.2. The van der Waals surface area contributed by atoms with E-state index in [1.165, 1.54) is 0 Å². The van der Waals surface area contributed by atoms with Gasteiger partial charge in [0.05, 0.1) is 29.2 Å². The van der Waals surface area contributed by atoms with Gasteiger partial charge in [0.25, 0.3) is 0 Å². The molecule has 4 rings (SSSR count). The summed E-state index contributed by atoms with van der Waals surface area (Å²) in [6.07, 6.45) is 6.59. The number of nitrogens with one attached hydrogen (secondary N) is 2. The number of benzene rings is 2. The van der Waals surface area contributed by atoms with E-state index in [-0.39, 0.29) is 18.1 Å². The number of allylic oxidation sites excluding steroid dienone is 4. The maximum Gasteiger partial charge on any atom is 0.414 e. The standard InChI is InChI=1S/C28H34N4O3/c1-19(2)35-28(34)31-18-20(3)32(21(4)33)26-16-15-22(17-27(26)31)24-13-9-6-10-14-25(24)30-29-23-11-7-5-8-12-23/h5,7-9,11-13,15-17,19-20,29-30H,6,10,14,18H2,1-4H3/t20-/m0/s1. The van der Waals surface area contributed by atoms with Crippen molar-refractivity contribution in [2.24, 2.45) is 0 Å². The first kappa shape index (κ1) is 24.4. The van der Waals surface area contributed by atoms with Gasteiger partial charge in [-0.3, -0.25) is 9.69 Å². The number of carbonyl (C=O) groups is 2. The van der Waals surface area contributed by atoms with Gasteiger partial charge >= 0.3 is 6.09 Å². The Balaban J connectivity index is 1.75. The lowest BCUT2D eigenvalue weighted by atomic mass is 9.98. The highest BCUT2D eigenvalue weighted by Gasteiger charge is 2.35. The minimum atomic E-state index is -0.400. The third-order valence-electron chi connectivity index (χ3n) is 6.16. The topological polar surface area (TPSA) is 73.9 Å². The van der Waals surface area contributed by atoms with Gasteiger partial charge in [-0.25, -0.2) is 4.79 Å². The van der Waals surface area contributed by atoms with E-state index in [0.717, 1.165) is 47.5 Å². The molecule has 0 aromatic heterocycles. The zero-order valence-corrected chi connectivity index (χ0v) is 20.9. The summed E-state index contributed by atoms with van der Waals surface area (Å²) in [5, 5.41) is 0. The van der Waals surface area contributed by atoms with E-state index >= 15 is 0 Å². The van der Waals surface area contributed by atoms with Gasteiger partial charge in [0.15, 0.2) is 0 Å². The summed E-state index contributed by atoms with van der Waals surface area (Å²) in [4.78, 5) is 28.9. The van der Waals surface area contributed by atoms with E-state index in [1.54, 1.807) is 16.7 Å². The molecule has 0 radical (unpaired) electrons. The van der Waals surface area contributed by atoms with Crippen LogP contribution >= 0.6 is 0 Å². The third kappa shape index (κ3) is 5.50. The monoisotopic (exact) mass is 474 g/mol. The van der Waals surface area contributed by atoms with E-state index in [9.17, 15) is 9.59 Å². The number of fused-ring (bicyclic) bond motifs is 1. The molecule has 2 aromatic carbocycles. The first-order valence-electron chi connectivity index (χ1n) is 12.2. The molecule has 2 aliphatic rings. The number of hydrogen-bond donors (Lipinski definition) is 2. The summed E-state index contributed by atoms with van der Waals surface area (Å²) in [6, 6.07) is 15.8. The molecule has 2 aromatic rings. The van der Waals surface area contributed by atoms with E-state index in [0.29, 0.717) is 12.2 Å². The van der Waals surface area contributed by atoms with Crippen molar-refractivity contribution in [1.29, 1.82) is 0 Å². The number of rotatable bonds is 5. The summed E-state index contributed by atoms with van der Waals surface area (Å²) in [5.74, 6) is -0.0497. The Morgan fingerprint density at radius 2 is 1.83 bits per heavy atom. The van der Waals surface area contributed by atoms with Crippen molar-refractivity contribution < 1.29 is 14.3 Å². The van der Waals surface area contributed by atoms with E-state index in [4.69, 9.17) is 4.74 Å². The Labute approximate surface area is 207 Å². The van der Waals surface area contributed by atoms with Gasteiger partial charge in [0.2, 0.25) is 5.91 Å². The number of ether oxygens (including phenoxy) is 1. The van der Waals surface area contributed by atoms with Crippen molar-refractivity contribution in [3.63, 3.8) is 0 Å². The molecule has 0 spiro atoms. The molecule has 0 saturated heterocycles. The van der Waals surface area contributed by atoms with Crippen molar-refractivity contribution >= 4 is 34.6 Å². The van der Waals surface area contributed by atoms with E-state index < -0.39 is 6.09 Å². The minimum absolute atomic E-state index is 0.0497. The second-order valence-electron chi connectivity index (χ2n) is 9.29. The Morgan fingerprint density at radius 3 is 2.54 bits per heavy atom. The lowest BCUT2D eigenvalue weighted by Crippen LogP contribution is -2.51. The molecule has 0 unspecified atom stereocenters. The SMILES string of the molecule is CC(=O)N1c2ccc(C3=C(NNc4ccccc4)CCCC=C3)cc2N(C(=O)OC(C)C)C[C@@H]1C. The van der Waals surface area contributed by atoms with Gasteiger partial charge in [-0.1, -0.05) is 36.4 Å². The van der Waals surface area contributed by atoms with Crippen LogP contribution in [0.2, 0.25) is 0 Å². The van der Waals surface area contributed by atoms with Crippen LogP contribution in [-0.2, 0) is 9.53 Å². The molecule has 1 heterocycles. The second-order valence-corrected chi connectivity index (χ2v) is 9.29. The maximum absolute atomic E-state index is 13.0. The van der Waals surface area contributed by atoms with Crippen molar-refractivity contribution in [3.05, 3.63) is 71.9 Å². The second kappa shape index (κ2) is 10.7. The Kier molecular flexibility index (Phi) is 7.44. The number of amides is 2. The van der Waals surface area contributed by atoms with Crippen molar-refractivity contribution in [1.82, 2.24) is 5.43 Å². The number of carbonyl (C=O) groups excluding carboxylic acids is 2. The zero-order chi connectivity index (χ0) is 24.9. The summed E-state index contributed by atoms with van der Waals surface area (Å²) in [6.45, 7) is 7.55. The number of hydrazine groups is 1. The van der Waals surface area contributed by atoms with Crippen molar-refractivity contribution in [2.75, 3.05) is 21.8 Å². The highest BCUT2D eigenvalue weighted by molar-refractivity contribution is 6.03. The first-order valence-corrected chi connectivity index (χ1v) is 12.2. The molecule has 1 aliphatic carbocycles. The van der Waals surface area contributed by atoms with Gasteiger partial charge < -0.3 is 20.5 Å². The van der Waals surface area contributed by atoms with Crippen molar-refractivity contribution in [2.45, 2.75) is 59.1 Å². The molecule has 0 bridgehead atoms. The number of para-hydroxylation sites is 1. The van der Waals surface area contributed by atoms with Crippen LogP contribution in [0.3, 0.4) is 0 Å². The third-order valence-corrected chi connectivity index (χ3v) is 6.16. The predicted molar refractivity (Wildman–Crippen MR) is 141 cm³/mol. The fourth-order valence-electron chi connectivity index (χ4n) is 4.61.